The number of carbonyl (C=O) groups excluding carboxylic acids is 2. The number of Topliss-reactive ketones (excluding diaryl/α,β-unsaturated/α-hetero) is 1. The first kappa shape index (κ1) is 14.1. The summed E-state index contributed by atoms with van der Waals surface area (Å²) in [6, 6.07) is -0.519. The van der Waals surface area contributed by atoms with Gasteiger partial charge in [0.1, 0.15) is 11.4 Å². The lowest BCUT2D eigenvalue weighted by Gasteiger charge is -2.22. The van der Waals surface area contributed by atoms with Crippen molar-refractivity contribution in [2.45, 2.75) is 52.7 Å². The summed E-state index contributed by atoms with van der Waals surface area (Å²) in [4.78, 5) is 22.8. The molecule has 0 heterocycles. The Balaban J connectivity index is 4.17. The van der Waals surface area contributed by atoms with Crippen LogP contribution in [0.4, 0.5) is 0 Å². The lowest BCUT2D eigenvalue weighted by atomic mass is 10.0. The summed E-state index contributed by atoms with van der Waals surface area (Å²) in [6.45, 7) is 8.68. The zero-order chi connectivity index (χ0) is 12.2. The predicted molar refractivity (Wildman–Crippen MR) is 58.3 cm³/mol. The van der Waals surface area contributed by atoms with Gasteiger partial charge in [0.25, 0.3) is 0 Å². The molecule has 4 heteroatoms. The number of esters is 1. The first-order chi connectivity index (χ1) is 6.63. The molecule has 0 aliphatic rings. The molecule has 0 saturated heterocycles. The number of hydrogen-bond donors (Lipinski definition) is 1. The quantitative estimate of drug-likeness (QED) is 0.717. The van der Waals surface area contributed by atoms with Gasteiger partial charge in [0.15, 0.2) is 0 Å². The minimum Gasteiger partial charge on any atom is -0.460 e. The van der Waals surface area contributed by atoms with Crippen LogP contribution in [0.15, 0.2) is 0 Å². The van der Waals surface area contributed by atoms with Crippen molar-refractivity contribution in [3.05, 3.63) is 0 Å². The minimum atomic E-state index is -0.519. The van der Waals surface area contributed by atoms with Gasteiger partial charge in [-0.2, -0.15) is 0 Å². The van der Waals surface area contributed by atoms with Gasteiger partial charge in [0.05, 0.1) is 12.0 Å². The maximum Gasteiger partial charge on any atom is 0.309 e. The normalized spacial score (nSPS) is 15.6. The number of ether oxygens (including phenoxy) is 1. The van der Waals surface area contributed by atoms with E-state index >= 15 is 0 Å². The highest BCUT2D eigenvalue weighted by atomic mass is 16.6. The predicted octanol–water partition coefficient (Wildman–Crippen LogP) is 1.27. The topological polar surface area (TPSA) is 69.4 Å². The summed E-state index contributed by atoms with van der Waals surface area (Å²) >= 11 is 0. The van der Waals surface area contributed by atoms with Crippen molar-refractivity contribution in [2.24, 2.45) is 11.7 Å². The van der Waals surface area contributed by atoms with Gasteiger partial charge in [-0.15, -0.1) is 0 Å². The second-order valence-electron chi connectivity index (χ2n) is 4.89. The van der Waals surface area contributed by atoms with E-state index in [9.17, 15) is 9.59 Å². The summed E-state index contributed by atoms with van der Waals surface area (Å²) in [6.07, 6.45) is 0.145. The average molecular weight is 215 g/mol. The van der Waals surface area contributed by atoms with E-state index in [2.05, 4.69) is 0 Å². The van der Waals surface area contributed by atoms with Crippen LogP contribution in [0.1, 0.15) is 41.0 Å². The number of hydrogen-bond acceptors (Lipinski definition) is 4. The molecule has 0 aromatic carbocycles. The maximum atomic E-state index is 11.5. The molecular weight excluding hydrogens is 194 g/mol. The molecule has 0 rings (SSSR count). The van der Waals surface area contributed by atoms with Crippen LogP contribution in [-0.4, -0.2) is 23.4 Å². The lowest BCUT2D eigenvalue weighted by Crippen LogP contribution is -2.32. The molecule has 2 N–H and O–H groups in total. The van der Waals surface area contributed by atoms with E-state index in [4.69, 9.17) is 10.5 Å². The van der Waals surface area contributed by atoms with Crippen LogP contribution in [0.25, 0.3) is 0 Å². The highest BCUT2D eigenvalue weighted by Crippen LogP contribution is 2.13. The van der Waals surface area contributed by atoms with Crippen LogP contribution in [-0.2, 0) is 14.3 Å². The molecule has 2 atom stereocenters. The number of nitrogens with two attached hydrogens (primary N) is 1. The molecule has 0 bridgehead atoms. The molecule has 0 aliphatic carbocycles. The lowest BCUT2D eigenvalue weighted by molar-refractivity contribution is -0.160. The Kier molecular flexibility index (Phi) is 4.94. The van der Waals surface area contributed by atoms with Crippen LogP contribution in [0, 0.1) is 5.92 Å². The average Bonchev–Trinajstić information content (AvgIpc) is 2.00. The van der Waals surface area contributed by atoms with Crippen LogP contribution >= 0.6 is 0 Å². The van der Waals surface area contributed by atoms with Gasteiger partial charge < -0.3 is 10.5 Å². The van der Waals surface area contributed by atoms with Crippen molar-refractivity contribution in [1.82, 2.24) is 0 Å². The van der Waals surface area contributed by atoms with Crippen molar-refractivity contribution in [1.29, 1.82) is 0 Å². The Hall–Kier alpha value is -0.900. The second kappa shape index (κ2) is 5.26. The number of ketones is 1. The Bertz CT molecular complexity index is 241. The Morgan fingerprint density at radius 1 is 1.27 bits per heavy atom. The Morgan fingerprint density at radius 3 is 2.07 bits per heavy atom. The van der Waals surface area contributed by atoms with Gasteiger partial charge in [-0.1, -0.05) is 6.92 Å². The minimum absolute atomic E-state index is 0.117. The first-order valence-corrected chi connectivity index (χ1v) is 5.14. The van der Waals surface area contributed by atoms with E-state index in [-0.39, 0.29) is 18.2 Å². The molecule has 0 amide bonds. The van der Waals surface area contributed by atoms with Crippen LogP contribution in [0.3, 0.4) is 0 Å². The molecule has 0 radical (unpaired) electrons. The smallest absolute Gasteiger partial charge is 0.309 e. The molecule has 88 valence electrons. The third-order valence-electron chi connectivity index (χ3n) is 1.82. The first-order valence-electron chi connectivity index (χ1n) is 5.14. The van der Waals surface area contributed by atoms with E-state index in [0.29, 0.717) is 0 Å². The standard InChI is InChI=1S/C11H21NO3/c1-7(6-9(13)8(2)12)10(14)15-11(3,4)5/h7-8H,6,12H2,1-5H3/t7-,8-/m0/s1. The van der Waals surface area contributed by atoms with Crippen molar-refractivity contribution in [2.75, 3.05) is 0 Å². The van der Waals surface area contributed by atoms with Crippen LogP contribution in [0.5, 0.6) is 0 Å². The molecule has 0 saturated carbocycles. The van der Waals surface area contributed by atoms with Gasteiger partial charge in [-0.25, -0.2) is 0 Å². The second-order valence-corrected chi connectivity index (χ2v) is 4.89. The van der Waals surface area contributed by atoms with E-state index in [1.54, 1.807) is 34.6 Å². The molecule has 15 heavy (non-hydrogen) atoms. The highest BCUT2D eigenvalue weighted by Gasteiger charge is 2.24. The summed E-state index contributed by atoms with van der Waals surface area (Å²) in [7, 11) is 0. The summed E-state index contributed by atoms with van der Waals surface area (Å²) < 4.78 is 5.15. The highest BCUT2D eigenvalue weighted by molar-refractivity contribution is 5.87. The molecule has 0 aromatic rings. The zero-order valence-corrected chi connectivity index (χ0v) is 10.2. The monoisotopic (exact) mass is 215 g/mol. The van der Waals surface area contributed by atoms with Gasteiger partial charge in [0, 0.05) is 6.42 Å². The van der Waals surface area contributed by atoms with Gasteiger partial charge in [-0.3, -0.25) is 9.59 Å². The van der Waals surface area contributed by atoms with E-state index in [1.807, 2.05) is 0 Å². The summed E-state index contributed by atoms with van der Waals surface area (Å²) in [5.74, 6) is -0.896. The fraction of sp³-hybridized carbons (Fsp3) is 0.818. The SMILES string of the molecule is C[C@H](N)C(=O)C[C@H](C)C(=O)OC(C)(C)C. The molecule has 4 nitrogen and oxygen atoms in total. The van der Waals surface area contributed by atoms with Crippen LogP contribution < -0.4 is 5.73 Å². The molecule has 0 aliphatic heterocycles. The number of carbonyl (C=O) groups is 2. The van der Waals surface area contributed by atoms with Crippen molar-refractivity contribution < 1.29 is 14.3 Å². The third-order valence-corrected chi connectivity index (χ3v) is 1.82. The van der Waals surface area contributed by atoms with E-state index in [0.717, 1.165) is 0 Å². The molecule has 0 spiro atoms. The molecule has 0 unspecified atom stereocenters. The van der Waals surface area contributed by atoms with E-state index in [1.165, 1.54) is 0 Å². The Morgan fingerprint density at radius 2 is 1.73 bits per heavy atom. The van der Waals surface area contributed by atoms with E-state index < -0.39 is 17.6 Å². The molecular formula is C11H21NO3. The molecule has 0 aromatic heterocycles. The van der Waals surface area contributed by atoms with Crippen LogP contribution in [0.2, 0.25) is 0 Å². The zero-order valence-electron chi connectivity index (χ0n) is 10.2. The van der Waals surface area contributed by atoms with Crippen molar-refractivity contribution in [3.63, 3.8) is 0 Å². The van der Waals surface area contributed by atoms with Gasteiger partial charge >= 0.3 is 5.97 Å². The summed E-state index contributed by atoms with van der Waals surface area (Å²) in [5, 5.41) is 0. The molecule has 0 fully saturated rings. The van der Waals surface area contributed by atoms with Crippen molar-refractivity contribution in [3.8, 4) is 0 Å². The van der Waals surface area contributed by atoms with Gasteiger partial charge in [0.2, 0.25) is 0 Å². The fourth-order valence-corrected chi connectivity index (χ4v) is 0.973. The fourth-order valence-electron chi connectivity index (χ4n) is 0.973. The largest absolute Gasteiger partial charge is 0.460 e. The summed E-state index contributed by atoms with van der Waals surface area (Å²) in [5.41, 5.74) is 4.90. The maximum absolute atomic E-state index is 11.5. The van der Waals surface area contributed by atoms with Crippen molar-refractivity contribution >= 4 is 11.8 Å². The Labute approximate surface area is 91.2 Å². The third kappa shape index (κ3) is 6.23. The van der Waals surface area contributed by atoms with Gasteiger partial charge in [-0.05, 0) is 27.7 Å². The number of rotatable bonds is 4.